The van der Waals surface area contributed by atoms with Crippen LogP contribution in [0.15, 0.2) is 12.4 Å². The van der Waals surface area contributed by atoms with Gasteiger partial charge in [-0.2, -0.15) is 5.10 Å². The Morgan fingerprint density at radius 2 is 2.25 bits per heavy atom. The molecule has 0 spiro atoms. The number of nitrogens with one attached hydrogen (secondary N) is 2. The van der Waals surface area contributed by atoms with E-state index in [1.54, 1.807) is 13.2 Å². The maximum Gasteiger partial charge on any atom is 0.331 e. The summed E-state index contributed by atoms with van der Waals surface area (Å²) in [7, 11) is 3.67. The van der Waals surface area contributed by atoms with E-state index in [9.17, 15) is 14.7 Å². The van der Waals surface area contributed by atoms with Crippen molar-refractivity contribution in [3.05, 3.63) is 18.0 Å². The van der Waals surface area contributed by atoms with Crippen molar-refractivity contribution in [2.75, 3.05) is 20.1 Å². The van der Waals surface area contributed by atoms with E-state index in [2.05, 4.69) is 20.6 Å². The highest BCUT2D eigenvalue weighted by molar-refractivity contribution is 5.83. The van der Waals surface area contributed by atoms with Crippen LogP contribution in [0.25, 0.3) is 0 Å². The standard InChI is InChI=1S/C12H19N5O3/c1-16-4-3-9(7-16)14-12(20)15-10(11(18)19)8-5-13-17(2)6-8/h5-6,9-10H,3-4,7H2,1-2H3,(H,18,19)(H2,14,15,20). The number of aliphatic carboxylic acids is 1. The summed E-state index contributed by atoms with van der Waals surface area (Å²) in [6.45, 7) is 1.70. The summed E-state index contributed by atoms with van der Waals surface area (Å²) in [5, 5.41) is 18.4. The molecule has 20 heavy (non-hydrogen) atoms. The fourth-order valence-electron chi connectivity index (χ4n) is 2.29. The van der Waals surface area contributed by atoms with E-state index in [1.807, 2.05) is 7.05 Å². The first kappa shape index (κ1) is 14.3. The second kappa shape index (κ2) is 5.91. The SMILES string of the molecule is CN1CCC(NC(=O)NC(C(=O)O)c2cnn(C)c2)C1. The summed E-state index contributed by atoms with van der Waals surface area (Å²) < 4.78 is 1.50. The van der Waals surface area contributed by atoms with Gasteiger partial charge < -0.3 is 20.6 Å². The molecule has 0 radical (unpaired) electrons. The molecule has 0 aromatic carbocycles. The van der Waals surface area contributed by atoms with Crippen LogP contribution in [0.5, 0.6) is 0 Å². The molecule has 1 aliphatic rings. The minimum atomic E-state index is -1.11. The first-order chi connectivity index (χ1) is 9.45. The van der Waals surface area contributed by atoms with Crippen molar-refractivity contribution >= 4 is 12.0 Å². The minimum absolute atomic E-state index is 0.0587. The summed E-state index contributed by atoms with van der Waals surface area (Å²) in [4.78, 5) is 25.2. The third-order valence-corrected chi connectivity index (χ3v) is 3.31. The van der Waals surface area contributed by atoms with E-state index in [4.69, 9.17) is 0 Å². The van der Waals surface area contributed by atoms with Gasteiger partial charge in [-0.25, -0.2) is 9.59 Å². The van der Waals surface area contributed by atoms with Gasteiger partial charge >= 0.3 is 12.0 Å². The smallest absolute Gasteiger partial charge is 0.331 e. The number of likely N-dealkylation sites (N-methyl/N-ethyl adjacent to an activating group) is 1. The predicted molar refractivity (Wildman–Crippen MR) is 71.2 cm³/mol. The van der Waals surface area contributed by atoms with Crippen LogP contribution >= 0.6 is 0 Å². The molecule has 0 saturated carbocycles. The normalized spacial score (nSPS) is 20.6. The number of carboxylic acids is 1. The number of amides is 2. The average molecular weight is 281 g/mol. The Morgan fingerprint density at radius 3 is 2.75 bits per heavy atom. The van der Waals surface area contributed by atoms with Crippen molar-refractivity contribution in [2.45, 2.75) is 18.5 Å². The van der Waals surface area contributed by atoms with Crippen LogP contribution < -0.4 is 10.6 Å². The number of hydrogen-bond acceptors (Lipinski definition) is 4. The topological polar surface area (TPSA) is 99.5 Å². The van der Waals surface area contributed by atoms with Gasteiger partial charge in [0.2, 0.25) is 0 Å². The highest BCUT2D eigenvalue weighted by Gasteiger charge is 2.26. The molecular weight excluding hydrogens is 262 g/mol. The molecular formula is C12H19N5O3. The predicted octanol–water partition coefficient (Wildman–Crippen LogP) is -0.451. The Morgan fingerprint density at radius 1 is 1.50 bits per heavy atom. The molecule has 1 fully saturated rings. The van der Waals surface area contributed by atoms with E-state index in [-0.39, 0.29) is 6.04 Å². The first-order valence-electron chi connectivity index (χ1n) is 6.42. The Balaban J connectivity index is 1.94. The molecule has 3 N–H and O–H groups in total. The number of aromatic nitrogens is 2. The van der Waals surface area contributed by atoms with Crippen LogP contribution in [0.4, 0.5) is 4.79 Å². The first-order valence-corrected chi connectivity index (χ1v) is 6.42. The molecule has 2 atom stereocenters. The van der Waals surface area contributed by atoms with Gasteiger partial charge in [0.1, 0.15) is 0 Å². The van der Waals surface area contributed by atoms with Crippen LogP contribution in [-0.2, 0) is 11.8 Å². The lowest BCUT2D eigenvalue weighted by Crippen LogP contribution is -2.46. The van der Waals surface area contributed by atoms with Crippen LogP contribution in [0, 0.1) is 0 Å². The maximum absolute atomic E-state index is 11.9. The minimum Gasteiger partial charge on any atom is -0.479 e. The molecule has 8 nitrogen and oxygen atoms in total. The molecule has 2 rings (SSSR count). The van der Waals surface area contributed by atoms with Gasteiger partial charge in [-0.3, -0.25) is 4.68 Å². The number of carbonyl (C=O) groups excluding carboxylic acids is 1. The second-order valence-corrected chi connectivity index (χ2v) is 5.08. The van der Waals surface area contributed by atoms with E-state index in [1.165, 1.54) is 10.9 Å². The molecule has 1 aromatic rings. The highest BCUT2D eigenvalue weighted by atomic mass is 16.4. The molecule has 2 heterocycles. The number of rotatable bonds is 4. The molecule has 2 unspecified atom stereocenters. The van der Waals surface area contributed by atoms with Crippen molar-refractivity contribution in [1.29, 1.82) is 0 Å². The van der Waals surface area contributed by atoms with Crippen molar-refractivity contribution in [2.24, 2.45) is 7.05 Å². The quantitative estimate of drug-likeness (QED) is 0.694. The van der Waals surface area contributed by atoms with Gasteiger partial charge in [0.05, 0.1) is 6.20 Å². The van der Waals surface area contributed by atoms with E-state index < -0.39 is 18.0 Å². The lowest BCUT2D eigenvalue weighted by Gasteiger charge is -2.17. The van der Waals surface area contributed by atoms with Crippen LogP contribution in [0.3, 0.4) is 0 Å². The molecule has 0 aliphatic carbocycles. The Hall–Kier alpha value is -2.09. The summed E-state index contributed by atoms with van der Waals surface area (Å²) >= 11 is 0. The summed E-state index contributed by atoms with van der Waals surface area (Å²) in [5.74, 6) is -1.11. The number of aryl methyl sites for hydroxylation is 1. The summed E-state index contributed by atoms with van der Waals surface area (Å²) in [6, 6.07) is -1.51. The van der Waals surface area contributed by atoms with Crippen LogP contribution in [0.1, 0.15) is 18.0 Å². The monoisotopic (exact) mass is 281 g/mol. The van der Waals surface area contributed by atoms with E-state index in [0.29, 0.717) is 5.56 Å². The number of urea groups is 1. The van der Waals surface area contributed by atoms with E-state index >= 15 is 0 Å². The van der Waals surface area contributed by atoms with Crippen LogP contribution in [0.2, 0.25) is 0 Å². The molecule has 2 amide bonds. The van der Waals surface area contributed by atoms with Crippen molar-refractivity contribution in [3.63, 3.8) is 0 Å². The lowest BCUT2D eigenvalue weighted by molar-refractivity contribution is -0.139. The summed E-state index contributed by atoms with van der Waals surface area (Å²) in [5.41, 5.74) is 0.443. The Labute approximate surface area is 116 Å². The zero-order valence-corrected chi connectivity index (χ0v) is 11.5. The number of likely N-dealkylation sites (tertiary alicyclic amines) is 1. The van der Waals surface area contributed by atoms with Gasteiger partial charge in [-0.05, 0) is 20.0 Å². The highest BCUT2D eigenvalue weighted by Crippen LogP contribution is 2.12. The third-order valence-electron chi connectivity index (χ3n) is 3.31. The molecule has 1 aliphatic heterocycles. The fourth-order valence-corrected chi connectivity index (χ4v) is 2.29. The van der Waals surface area contributed by atoms with Gasteiger partial charge in [0, 0.05) is 31.4 Å². The Kier molecular flexibility index (Phi) is 4.23. The van der Waals surface area contributed by atoms with Gasteiger partial charge in [-0.1, -0.05) is 0 Å². The third kappa shape index (κ3) is 3.47. The zero-order chi connectivity index (χ0) is 14.7. The summed E-state index contributed by atoms with van der Waals surface area (Å²) in [6.07, 6.45) is 3.87. The second-order valence-electron chi connectivity index (χ2n) is 5.08. The number of carboxylic acid groups (broad SMARTS) is 1. The maximum atomic E-state index is 11.9. The number of hydrogen-bond donors (Lipinski definition) is 3. The van der Waals surface area contributed by atoms with E-state index in [0.717, 1.165) is 19.5 Å². The van der Waals surface area contributed by atoms with Gasteiger partial charge in [-0.15, -0.1) is 0 Å². The van der Waals surface area contributed by atoms with Gasteiger partial charge in [0.25, 0.3) is 0 Å². The zero-order valence-electron chi connectivity index (χ0n) is 11.5. The molecule has 0 bridgehead atoms. The largest absolute Gasteiger partial charge is 0.479 e. The number of nitrogens with zero attached hydrogens (tertiary/aromatic N) is 3. The van der Waals surface area contributed by atoms with Crippen LogP contribution in [-0.4, -0.2) is 58.0 Å². The fraction of sp³-hybridized carbons (Fsp3) is 0.583. The molecule has 1 saturated heterocycles. The Bertz CT molecular complexity index is 501. The average Bonchev–Trinajstić information content (AvgIpc) is 2.95. The van der Waals surface area contributed by atoms with Crippen molar-refractivity contribution in [1.82, 2.24) is 25.3 Å². The number of carbonyl (C=O) groups is 2. The molecule has 1 aromatic heterocycles. The van der Waals surface area contributed by atoms with Crippen molar-refractivity contribution < 1.29 is 14.7 Å². The van der Waals surface area contributed by atoms with Gasteiger partial charge in [0.15, 0.2) is 6.04 Å². The molecule has 8 heteroatoms. The lowest BCUT2D eigenvalue weighted by atomic mass is 10.1. The molecule has 110 valence electrons. The van der Waals surface area contributed by atoms with Crippen molar-refractivity contribution in [3.8, 4) is 0 Å².